The summed E-state index contributed by atoms with van der Waals surface area (Å²) in [6, 6.07) is 0. The zero-order valence-electron chi connectivity index (χ0n) is 7.99. The van der Waals surface area contributed by atoms with Crippen LogP contribution in [0.25, 0.3) is 0 Å². The lowest BCUT2D eigenvalue weighted by molar-refractivity contribution is 0.353. The molecule has 0 aromatic heterocycles. The second kappa shape index (κ2) is 4.13. The van der Waals surface area contributed by atoms with Gasteiger partial charge in [0.05, 0.1) is 5.75 Å². The van der Waals surface area contributed by atoms with Crippen molar-refractivity contribution < 1.29 is 8.42 Å². The largest absolute Gasteiger partial charge is 0.324 e. The first-order valence-electron chi connectivity index (χ1n) is 4.08. The van der Waals surface area contributed by atoms with E-state index in [1.54, 1.807) is 0 Å². The van der Waals surface area contributed by atoms with Crippen LogP contribution < -0.4 is 5.73 Å². The molecule has 1 aliphatic rings. The fourth-order valence-corrected chi connectivity index (χ4v) is 3.01. The summed E-state index contributed by atoms with van der Waals surface area (Å²) in [6.45, 7) is 4.72. The average Bonchev–Trinajstić information content (AvgIpc) is 2.07. The molecule has 0 aromatic carbocycles. The van der Waals surface area contributed by atoms with Crippen LogP contribution >= 0.6 is 12.4 Å². The molecule has 80 valence electrons. The van der Waals surface area contributed by atoms with Gasteiger partial charge in [0.1, 0.15) is 0 Å². The number of sulfonamides is 1. The van der Waals surface area contributed by atoms with E-state index in [4.69, 9.17) is 5.73 Å². The molecule has 0 aromatic rings. The topological polar surface area (TPSA) is 63.4 Å². The minimum absolute atomic E-state index is 0. The highest BCUT2D eigenvalue weighted by Crippen LogP contribution is 2.15. The fraction of sp³-hybridized carbons (Fsp3) is 1.00. The maximum atomic E-state index is 11.3. The van der Waals surface area contributed by atoms with Gasteiger partial charge in [-0.1, -0.05) is 0 Å². The first-order valence-corrected chi connectivity index (χ1v) is 5.69. The molecule has 0 aliphatic carbocycles. The molecule has 0 atom stereocenters. The number of nitrogens with two attached hydrogens (primary N) is 1. The molecule has 1 heterocycles. The van der Waals surface area contributed by atoms with Gasteiger partial charge in [0.15, 0.2) is 0 Å². The van der Waals surface area contributed by atoms with Crippen LogP contribution in [0.3, 0.4) is 0 Å². The van der Waals surface area contributed by atoms with Crippen LogP contribution in [0, 0.1) is 0 Å². The van der Waals surface area contributed by atoms with Gasteiger partial charge in [-0.2, -0.15) is 0 Å². The molecule has 0 amide bonds. The maximum Gasteiger partial charge on any atom is 0.214 e. The average molecular weight is 229 g/mol. The Bertz CT molecular complexity index is 258. The maximum absolute atomic E-state index is 11.3. The van der Waals surface area contributed by atoms with Crippen molar-refractivity contribution in [2.45, 2.75) is 25.8 Å². The molecule has 1 saturated heterocycles. The minimum atomic E-state index is -2.97. The third-order valence-corrected chi connectivity index (χ3v) is 3.69. The van der Waals surface area contributed by atoms with E-state index in [0.717, 1.165) is 6.42 Å². The monoisotopic (exact) mass is 228 g/mol. The normalized spacial score (nSPS) is 22.7. The van der Waals surface area contributed by atoms with E-state index >= 15 is 0 Å². The standard InChI is InChI=1S/C7H16N2O2S.ClH/c1-7(2,8)6-9-4-3-5-12(9,10)11;/h3-6,8H2,1-2H3;1H. The smallest absolute Gasteiger partial charge is 0.214 e. The summed E-state index contributed by atoms with van der Waals surface area (Å²) >= 11 is 0. The molecule has 13 heavy (non-hydrogen) atoms. The molecule has 1 aliphatic heterocycles. The Labute approximate surface area is 85.9 Å². The summed E-state index contributed by atoms with van der Waals surface area (Å²) in [6.07, 6.45) is 0.735. The van der Waals surface area contributed by atoms with Crippen molar-refractivity contribution in [1.29, 1.82) is 0 Å². The Hall–Kier alpha value is 0.160. The molecule has 6 heteroatoms. The second-order valence-electron chi connectivity index (χ2n) is 3.99. The van der Waals surface area contributed by atoms with Gasteiger partial charge < -0.3 is 5.73 Å². The molecular formula is C7H17ClN2O2S. The van der Waals surface area contributed by atoms with Gasteiger partial charge in [0.25, 0.3) is 0 Å². The molecule has 2 N–H and O–H groups in total. The van der Waals surface area contributed by atoms with Crippen LogP contribution in [-0.4, -0.2) is 37.1 Å². The van der Waals surface area contributed by atoms with Gasteiger partial charge in [0, 0.05) is 18.6 Å². The lowest BCUT2D eigenvalue weighted by atomic mass is 10.1. The molecule has 1 rings (SSSR count). The van der Waals surface area contributed by atoms with E-state index in [0.29, 0.717) is 13.1 Å². The zero-order valence-corrected chi connectivity index (χ0v) is 9.62. The highest BCUT2D eigenvalue weighted by Gasteiger charge is 2.31. The molecule has 4 nitrogen and oxygen atoms in total. The Kier molecular flexibility index (Phi) is 4.18. The van der Waals surface area contributed by atoms with Crippen molar-refractivity contribution in [2.24, 2.45) is 5.73 Å². The van der Waals surface area contributed by atoms with E-state index in [2.05, 4.69) is 0 Å². The van der Waals surface area contributed by atoms with Crippen LogP contribution in [0.2, 0.25) is 0 Å². The van der Waals surface area contributed by atoms with Gasteiger partial charge in [-0.15, -0.1) is 12.4 Å². The van der Waals surface area contributed by atoms with Crippen LogP contribution in [0.15, 0.2) is 0 Å². The van der Waals surface area contributed by atoms with Crippen molar-refractivity contribution in [2.75, 3.05) is 18.8 Å². The van der Waals surface area contributed by atoms with Crippen LogP contribution in [0.1, 0.15) is 20.3 Å². The first kappa shape index (κ1) is 13.2. The number of hydrogen-bond acceptors (Lipinski definition) is 3. The fourth-order valence-electron chi connectivity index (χ4n) is 1.32. The van der Waals surface area contributed by atoms with E-state index in [9.17, 15) is 8.42 Å². The summed E-state index contributed by atoms with van der Waals surface area (Å²) < 4.78 is 24.1. The summed E-state index contributed by atoms with van der Waals surface area (Å²) in [7, 11) is -2.97. The molecule has 0 bridgehead atoms. The summed E-state index contributed by atoms with van der Waals surface area (Å²) in [5, 5.41) is 0. The quantitative estimate of drug-likeness (QED) is 0.734. The number of rotatable bonds is 2. The predicted molar refractivity (Wildman–Crippen MR) is 55.5 cm³/mol. The van der Waals surface area contributed by atoms with E-state index in [1.807, 2.05) is 13.8 Å². The van der Waals surface area contributed by atoms with Crippen molar-refractivity contribution >= 4 is 22.4 Å². The summed E-state index contributed by atoms with van der Waals surface area (Å²) in [4.78, 5) is 0. The van der Waals surface area contributed by atoms with Crippen molar-refractivity contribution in [3.05, 3.63) is 0 Å². The van der Waals surface area contributed by atoms with Crippen LogP contribution in [0.4, 0.5) is 0 Å². The van der Waals surface area contributed by atoms with Gasteiger partial charge in [-0.3, -0.25) is 0 Å². The van der Waals surface area contributed by atoms with Crippen molar-refractivity contribution in [3.8, 4) is 0 Å². The van der Waals surface area contributed by atoms with Crippen LogP contribution in [-0.2, 0) is 10.0 Å². The van der Waals surface area contributed by atoms with Crippen molar-refractivity contribution in [3.63, 3.8) is 0 Å². The zero-order chi connectivity index (χ0) is 9.41. The number of halogens is 1. The van der Waals surface area contributed by atoms with Gasteiger partial charge >= 0.3 is 0 Å². The second-order valence-corrected chi connectivity index (χ2v) is 6.08. The Balaban J connectivity index is 0.00000144. The highest BCUT2D eigenvalue weighted by molar-refractivity contribution is 7.89. The predicted octanol–water partition coefficient (Wildman–Crippen LogP) is 0.181. The number of hydrogen-bond donors (Lipinski definition) is 1. The van der Waals surface area contributed by atoms with E-state index < -0.39 is 15.6 Å². The molecule has 1 fully saturated rings. The van der Waals surface area contributed by atoms with E-state index in [1.165, 1.54) is 4.31 Å². The molecular weight excluding hydrogens is 212 g/mol. The lowest BCUT2D eigenvalue weighted by Gasteiger charge is -2.24. The Morgan fingerprint density at radius 1 is 1.46 bits per heavy atom. The molecule has 0 saturated carbocycles. The SMILES string of the molecule is CC(C)(N)CN1CCCS1(=O)=O.Cl. The summed E-state index contributed by atoms with van der Waals surface area (Å²) in [5.41, 5.74) is 5.30. The molecule has 0 spiro atoms. The molecule has 0 radical (unpaired) electrons. The van der Waals surface area contributed by atoms with Gasteiger partial charge in [-0.25, -0.2) is 12.7 Å². The number of nitrogens with zero attached hydrogens (tertiary/aromatic N) is 1. The van der Waals surface area contributed by atoms with Crippen molar-refractivity contribution in [1.82, 2.24) is 4.31 Å². The van der Waals surface area contributed by atoms with Gasteiger partial charge in [-0.05, 0) is 20.3 Å². The van der Waals surface area contributed by atoms with Gasteiger partial charge in [0.2, 0.25) is 10.0 Å². The minimum Gasteiger partial charge on any atom is -0.324 e. The Morgan fingerprint density at radius 2 is 2.00 bits per heavy atom. The first-order chi connectivity index (χ1) is 5.31. The third kappa shape index (κ3) is 3.81. The summed E-state index contributed by atoms with van der Waals surface area (Å²) in [5.74, 6) is 0.281. The Morgan fingerprint density at radius 3 is 2.31 bits per heavy atom. The van der Waals surface area contributed by atoms with E-state index in [-0.39, 0.29) is 18.2 Å². The lowest BCUT2D eigenvalue weighted by Crippen LogP contribution is -2.45. The third-order valence-electron chi connectivity index (χ3n) is 1.79. The highest BCUT2D eigenvalue weighted by atomic mass is 35.5. The molecule has 0 unspecified atom stereocenters. The van der Waals surface area contributed by atoms with Crippen LogP contribution in [0.5, 0.6) is 0 Å².